The molecule has 0 amide bonds. The van der Waals surface area contributed by atoms with Crippen molar-refractivity contribution in [2.75, 3.05) is 0 Å². The third-order valence-electron chi connectivity index (χ3n) is 2.64. The normalized spacial score (nSPS) is 11.7. The smallest absolute Gasteiger partial charge is 0.417 e. The van der Waals surface area contributed by atoms with E-state index >= 15 is 0 Å². The molecule has 0 atom stereocenters. The number of benzene rings is 1. The molecule has 0 aliphatic rings. The molecule has 0 spiro atoms. The first-order valence-electron chi connectivity index (χ1n) is 5.37. The Kier molecular flexibility index (Phi) is 3.24. The number of nitrogens with zero attached hydrogens (tertiary/aromatic N) is 1. The topological polar surface area (TPSA) is 66.0 Å². The van der Waals surface area contributed by atoms with Gasteiger partial charge in [0.25, 0.3) is 0 Å². The molecule has 2 N–H and O–H groups in total. The first-order valence-corrected chi connectivity index (χ1v) is 5.37. The number of hydrogen-bond donors (Lipinski definition) is 2. The average Bonchev–Trinajstić information content (AvgIpc) is 2.69. The van der Waals surface area contributed by atoms with Gasteiger partial charge in [0.1, 0.15) is 11.6 Å². The number of aromatic carboxylic acids is 1. The van der Waals surface area contributed by atoms with Crippen molar-refractivity contribution in [3.8, 4) is 11.4 Å². The molecule has 8 heteroatoms. The molecule has 0 saturated carbocycles. The van der Waals surface area contributed by atoms with Crippen molar-refractivity contribution in [3.05, 3.63) is 41.0 Å². The molecule has 1 heterocycles. The lowest BCUT2D eigenvalue weighted by Gasteiger charge is -2.11. The van der Waals surface area contributed by atoms with E-state index in [4.69, 9.17) is 5.11 Å². The van der Waals surface area contributed by atoms with Gasteiger partial charge in [-0.3, -0.25) is 0 Å². The Morgan fingerprint density at radius 2 is 2.00 bits per heavy atom. The third kappa shape index (κ3) is 2.36. The van der Waals surface area contributed by atoms with Crippen LogP contribution in [0.3, 0.4) is 0 Å². The van der Waals surface area contributed by atoms with Crippen LogP contribution in [0.25, 0.3) is 11.4 Å². The number of aryl methyl sites for hydroxylation is 1. The Bertz CT molecular complexity index is 677. The van der Waals surface area contributed by atoms with Crippen LogP contribution in [-0.2, 0) is 6.18 Å². The van der Waals surface area contributed by atoms with Crippen LogP contribution in [0.5, 0.6) is 0 Å². The molecule has 1 aromatic carbocycles. The van der Waals surface area contributed by atoms with E-state index in [2.05, 4.69) is 9.97 Å². The average molecular weight is 288 g/mol. The molecule has 0 radical (unpaired) electrons. The molecule has 2 rings (SSSR count). The number of H-pyrrole nitrogens is 1. The number of halogens is 4. The largest absolute Gasteiger partial charge is 0.476 e. The highest BCUT2D eigenvalue weighted by molar-refractivity contribution is 5.87. The maximum atomic E-state index is 13.7. The van der Waals surface area contributed by atoms with Crippen LogP contribution in [0.4, 0.5) is 17.6 Å². The number of aromatic amines is 1. The van der Waals surface area contributed by atoms with E-state index < -0.39 is 40.6 Å². The van der Waals surface area contributed by atoms with E-state index in [0.717, 1.165) is 12.1 Å². The Morgan fingerprint density at radius 3 is 2.50 bits per heavy atom. The van der Waals surface area contributed by atoms with E-state index in [1.807, 2.05) is 0 Å². The fourth-order valence-electron chi connectivity index (χ4n) is 1.79. The van der Waals surface area contributed by atoms with Crippen molar-refractivity contribution in [3.63, 3.8) is 0 Å². The lowest BCUT2D eigenvalue weighted by Crippen LogP contribution is -2.09. The minimum atomic E-state index is -4.78. The minimum Gasteiger partial charge on any atom is -0.476 e. The van der Waals surface area contributed by atoms with Crippen molar-refractivity contribution in [2.45, 2.75) is 13.1 Å². The summed E-state index contributed by atoms with van der Waals surface area (Å²) in [7, 11) is 0. The van der Waals surface area contributed by atoms with Crippen LogP contribution in [0, 0.1) is 12.7 Å². The number of aromatic nitrogens is 2. The standard InChI is InChI=1S/C12H8F4N2O2/c1-5-9(11(19)20)18-10(17-5)8-6(12(14,15)16)3-2-4-7(8)13/h2-4H,1H3,(H,17,18)(H,19,20). The Hall–Kier alpha value is -2.38. The van der Waals surface area contributed by atoms with Gasteiger partial charge in [-0.15, -0.1) is 0 Å². The van der Waals surface area contributed by atoms with Gasteiger partial charge in [0, 0.05) is 5.69 Å². The number of alkyl halides is 3. The zero-order chi connectivity index (χ0) is 15.1. The monoisotopic (exact) mass is 288 g/mol. The molecule has 106 valence electrons. The fourth-order valence-corrected chi connectivity index (χ4v) is 1.79. The number of carbonyl (C=O) groups is 1. The second kappa shape index (κ2) is 4.62. The second-order valence-corrected chi connectivity index (χ2v) is 4.02. The molecule has 0 unspecified atom stereocenters. The summed E-state index contributed by atoms with van der Waals surface area (Å²) >= 11 is 0. The van der Waals surface area contributed by atoms with Gasteiger partial charge in [-0.1, -0.05) is 6.07 Å². The van der Waals surface area contributed by atoms with Crippen molar-refractivity contribution < 1.29 is 27.5 Å². The number of hydrogen-bond acceptors (Lipinski definition) is 2. The van der Waals surface area contributed by atoms with Crippen molar-refractivity contribution >= 4 is 5.97 Å². The molecule has 20 heavy (non-hydrogen) atoms. The number of carboxylic acid groups (broad SMARTS) is 1. The first-order chi connectivity index (χ1) is 9.21. The summed E-state index contributed by atoms with van der Waals surface area (Å²) in [5, 5.41) is 8.83. The summed E-state index contributed by atoms with van der Waals surface area (Å²) < 4.78 is 52.3. The molecule has 2 aromatic rings. The maximum Gasteiger partial charge on any atom is 0.417 e. The minimum absolute atomic E-state index is 0.0453. The Morgan fingerprint density at radius 1 is 1.35 bits per heavy atom. The molecule has 0 aliphatic heterocycles. The summed E-state index contributed by atoms with van der Waals surface area (Å²) in [5.41, 5.74) is -2.42. The molecule has 0 bridgehead atoms. The van der Waals surface area contributed by atoms with Crippen LogP contribution < -0.4 is 0 Å². The fraction of sp³-hybridized carbons (Fsp3) is 0.167. The molecule has 1 aromatic heterocycles. The van der Waals surface area contributed by atoms with Crippen molar-refractivity contribution in [1.82, 2.24) is 9.97 Å². The quantitative estimate of drug-likeness (QED) is 0.834. The van der Waals surface area contributed by atoms with Crippen LogP contribution >= 0.6 is 0 Å². The summed E-state index contributed by atoms with van der Waals surface area (Å²) in [6.45, 7) is 1.33. The zero-order valence-corrected chi connectivity index (χ0v) is 10.0. The van der Waals surface area contributed by atoms with E-state index in [1.165, 1.54) is 6.92 Å². The highest BCUT2D eigenvalue weighted by atomic mass is 19.4. The Labute approximate surface area is 110 Å². The van der Waals surface area contributed by atoms with Crippen LogP contribution in [0.15, 0.2) is 18.2 Å². The number of rotatable bonds is 2. The maximum absolute atomic E-state index is 13.7. The SMILES string of the molecule is Cc1[nH]c(-c2c(F)cccc2C(F)(F)F)nc1C(=O)O. The Balaban J connectivity index is 2.70. The molecular weight excluding hydrogens is 280 g/mol. The van der Waals surface area contributed by atoms with Gasteiger partial charge in [-0.2, -0.15) is 13.2 Å². The first kappa shape index (κ1) is 14.0. The zero-order valence-electron chi connectivity index (χ0n) is 10.0. The van der Waals surface area contributed by atoms with E-state index in [-0.39, 0.29) is 5.69 Å². The molecule has 0 fully saturated rings. The van der Waals surface area contributed by atoms with E-state index in [9.17, 15) is 22.4 Å². The lowest BCUT2D eigenvalue weighted by molar-refractivity contribution is -0.137. The summed E-state index contributed by atoms with van der Waals surface area (Å²) in [6.07, 6.45) is -4.78. The number of nitrogens with one attached hydrogen (secondary N) is 1. The van der Waals surface area contributed by atoms with Crippen LogP contribution in [0.1, 0.15) is 21.7 Å². The van der Waals surface area contributed by atoms with Gasteiger partial charge in [0.05, 0.1) is 11.1 Å². The highest BCUT2D eigenvalue weighted by Crippen LogP contribution is 2.37. The van der Waals surface area contributed by atoms with Gasteiger partial charge in [-0.05, 0) is 19.1 Å². The number of imidazole rings is 1. The third-order valence-corrected chi connectivity index (χ3v) is 2.64. The van der Waals surface area contributed by atoms with Crippen LogP contribution in [0.2, 0.25) is 0 Å². The van der Waals surface area contributed by atoms with Gasteiger partial charge in [0.15, 0.2) is 5.69 Å². The van der Waals surface area contributed by atoms with Gasteiger partial charge in [-0.25, -0.2) is 14.2 Å². The lowest BCUT2D eigenvalue weighted by atomic mass is 10.1. The molecule has 0 aliphatic carbocycles. The van der Waals surface area contributed by atoms with E-state index in [1.54, 1.807) is 0 Å². The molecule has 0 saturated heterocycles. The summed E-state index contributed by atoms with van der Waals surface area (Å²) in [4.78, 5) is 16.7. The predicted octanol–water partition coefficient (Wildman–Crippen LogP) is 3.24. The van der Waals surface area contributed by atoms with Crippen molar-refractivity contribution in [1.29, 1.82) is 0 Å². The van der Waals surface area contributed by atoms with E-state index in [0.29, 0.717) is 6.07 Å². The highest BCUT2D eigenvalue weighted by Gasteiger charge is 2.36. The summed E-state index contributed by atoms with van der Waals surface area (Å²) in [5.74, 6) is -3.01. The van der Waals surface area contributed by atoms with Crippen molar-refractivity contribution in [2.24, 2.45) is 0 Å². The van der Waals surface area contributed by atoms with Gasteiger partial charge >= 0.3 is 12.1 Å². The summed E-state index contributed by atoms with van der Waals surface area (Å²) in [6, 6.07) is 2.48. The molecular formula is C12H8F4N2O2. The van der Waals surface area contributed by atoms with Gasteiger partial charge in [0.2, 0.25) is 0 Å². The number of carboxylic acids is 1. The van der Waals surface area contributed by atoms with Crippen LogP contribution in [-0.4, -0.2) is 21.0 Å². The molecule has 4 nitrogen and oxygen atoms in total. The van der Waals surface area contributed by atoms with Gasteiger partial charge < -0.3 is 10.1 Å². The predicted molar refractivity (Wildman–Crippen MR) is 60.7 cm³/mol. The second-order valence-electron chi connectivity index (χ2n) is 4.02.